The minimum atomic E-state index is -0.869. The average molecular weight is 709 g/mol. The van der Waals surface area contributed by atoms with Crippen molar-refractivity contribution in [3.05, 3.63) is 47.0 Å². The Bertz CT molecular complexity index is 1740. The van der Waals surface area contributed by atoms with Crippen molar-refractivity contribution in [3.8, 4) is 11.8 Å². The number of alkyl halides is 1. The van der Waals surface area contributed by atoms with E-state index in [4.69, 9.17) is 33.9 Å². The molecular weight excluding hydrogens is 658 g/mol. The molecule has 0 spiro atoms. The van der Waals surface area contributed by atoms with Gasteiger partial charge in [0.05, 0.1) is 17.6 Å². The highest BCUT2D eigenvalue weighted by Crippen LogP contribution is 2.41. The van der Waals surface area contributed by atoms with E-state index in [1.165, 1.54) is 6.07 Å². The lowest BCUT2D eigenvalue weighted by Gasteiger charge is -2.41. The molecule has 7 rings (SSSR count). The molecule has 3 aromatic rings. The van der Waals surface area contributed by atoms with Crippen LogP contribution in [0.2, 0.25) is 0 Å². The fourth-order valence-corrected chi connectivity index (χ4v) is 8.61. The van der Waals surface area contributed by atoms with Crippen LogP contribution in [0.3, 0.4) is 0 Å². The largest absolute Gasteiger partial charge is 0.468 e. The van der Waals surface area contributed by atoms with Crippen molar-refractivity contribution in [3.63, 3.8) is 0 Å². The van der Waals surface area contributed by atoms with E-state index in [9.17, 15) is 9.18 Å². The van der Waals surface area contributed by atoms with Gasteiger partial charge >= 0.3 is 12.1 Å². The fraction of sp³-hybridized carbons (Fsp3) is 0.632. The fourth-order valence-electron chi connectivity index (χ4n) is 8.61. The Hall–Kier alpha value is -3.84. The molecule has 51 heavy (non-hydrogen) atoms. The molecule has 1 aromatic heterocycles. The van der Waals surface area contributed by atoms with Gasteiger partial charge in [-0.25, -0.2) is 13.6 Å². The van der Waals surface area contributed by atoms with E-state index in [1.807, 2.05) is 44.7 Å². The quantitative estimate of drug-likeness (QED) is 0.219. The van der Waals surface area contributed by atoms with Gasteiger partial charge in [0.1, 0.15) is 35.8 Å². The Morgan fingerprint density at radius 3 is 2.55 bits per heavy atom. The number of hydrogen-bond acceptors (Lipinski definition) is 10. The molecule has 0 radical (unpaired) electrons. The van der Waals surface area contributed by atoms with E-state index in [1.54, 1.807) is 13.2 Å². The van der Waals surface area contributed by atoms with E-state index in [0.717, 1.165) is 48.6 Å². The van der Waals surface area contributed by atoms with E-state index < -0.39 is 11.8 Å². The molecule has 0 saturated carbocycles. The van der Waals surface area contributed by atoms with Gasteiger partial charge in [0.25, 0.3) is 0 Å². The van der Waals surface area contributed by atoms with Crippen LogP contribution in [0.15, 0.2) is 24.3 Å². The lowest BCUT2D eigenvalue weighted by Crippen LogP contribution is -2.57. The third kappa shape index (κ3) is 7.42. The summed E-state index contributed by atoms with van der Waals surface area (Å²) in [6.45, 7) is 10.4. The summed E-state index contributed by atoms with van der Waals surface area (Å²) in [7, 11) is 1.57. The zero-order valence-electron chi connectivity index (χ0n) is 30.4. The van der Waals surface area contributed by atoms with Crippen molar-refractivity contribution in [1.82, 2.24) is 24.8 Å². The third-order valence-electron chi connectivity index (χ3n) is 10.8. The number of rotatable bonds is 11. The van der Waals surface area contributed by atoms with Gasteiger partial charge in [-0.1, -0.05) is 13.0 Å². The second-order valence-corrected chi connectivity index (χ2v) is 15.5. The number of carbonyl (C=O) groups is 1. The molecule has 2 unspecified atom stereocenters. The summed E-state index contributed by atoms with van der Waals surface area (Å²) in [5.41, 5.74) is 0.641. The van der Waals surface area contributed by atoms with Gasteiger partial charge in [-0.05, 0) is 106 Å². The van der Waals surface area contributed by atoms with Crippen molar-refractivity contribution in [2.45, 2.75) is 108 Å². The summed E-state index contributed by atoms with van der Waals surface area (Å²) in [5.74, 6) is 1.43. The van der Waals surface area contributed by atoms with Gasteiger partial charge in [-0.15, -0.1) is 0 Å². The summed E-state index contributed by atoms with van der Waals surface area (Å²) in [6.07, 6.45) is 4.40. The molecular formula is C38H50F2N6O5. The van der Waals surface area contributed by atoms with Crippen molar-refractivity contribution in [2.75, 3.05) is 51.6 Å². The number of aromatic nitrogens is 3. The number of ether oxygens (including phenoxy) is 4. The monoisotopic (exact) mass is 708 g/mol. The number of carbonyl (C=O) groups excluding carboxylic acids is 1. The van der Waals surface area contributed by atoms with Crippen LogP contribution in [0.1, 0.15) is 76.8 Å². The first-order valence-electron chi connectivity index (χ1n) is 18.3. The van der Waals surface area contributed by atoms with E-state index >= 15 is 4.39 Å². The molecule has 5 heterocycles. The van der Waals surface area contributed by atoms with Crippen molar-refractivity contribution in [2.24, 2.45) is 0 Å². The molecule has 4 atom stereocenters. The number of anilines is 1. The molecule has 0 aliphatic carbocycles. The number of methoxy groups -OCH3 is 1. The molecule has 4 aliphatic rings. The number of hydrogen-bond donors (Lipinski definition) is 0. The number of aryl methyl sites for hydroxylation is 3. The Morgan fingerprint density at radius 1 is 1.04 bits per heavy atom. The molecule has 2 bridgehead atoms. The van der Waals surface area contributed by atoms with Gasteiger partial charge in [0.2, 0.25) is 5.95 Å². The van der Waals surface area contributed by atoms with Crippen molar-refractivity contribution >= 4 is 22.8 Å². The molecule has 13 heteroatoms. The standard InChI is InChI=1S/C38H50F2N6O5/c1-6-30-31(40)12-8-24-16-29(50-23-48-5)17-25(33(24)30)9-13-32-41-34(43-35(42-32)49-22-38-14-7-15-45(38)19-26(39)18-38)44-20-27-10-11-28(21-44)46(27)36(47)51-37(2,3)4/h8,12,16-17,26-28H,6-7,9-11,13-15,18-23H2,1-5H3/t26-,27?,28?,38+/m1/s1. The highest BCUT2D eigenvalue weighted by Gasteiger charge is 2.50. The topological polar surface area (TPSA) is 102 Å². The number of piperazine rings is 1. The Labute approximate surface area is 298 Å². The lowest BCUT2D eigenvalue weighted by molar-refractivity contribution is 0.0122. The summed E-state index contributed by atoms with van der Waals surface area (Å²) in [5, 5.41) is 1.75. The maximum absolute atomic E-state index is 15.1. The predicted molar refractivity (Wildman–Crippen MR) is 189 cm³/mol. The highest BCUT2D eigenvalue weighted by atomic mass is 19.1. The van der Waals surface area contributed by atoms with Crippen LogP contribution in [-0.2, 0) is 28.7 Å². The van der Waals surface area contributed by atoms with Gasteiger partial charge < -0.3 is 23.8 Å². The average Bonchev–Trinajstić information content (AvgIpc) is 3.71. The molecule has 1 amide bonds. The molecule has 276 valence electrons. The SMILES string of the molecule is CCc1c(F)ccc2cc(OCOC)cc(CCc3nc(OC[C@@]45CCCN4C[C@H](F)C5)nc(N4CC5CCC(C4)N5C(=O)OC(C)(C)C)n3)c12. The van der Waals surface area contributed by atoms with Gasteiger partial charge in [0.15, 0.2) is 6.79 Å². The number of benzene rings is 2. The summed E-state index contributed by atoms with van der Waals surface area (Å²) < 4.78 is 52.7. The van der Waals surface area contributed by atoms with Crippen LogP contribution in [0, 0.1) is 5.82 Å². The predicted octanol–water partition coefficient (Wildman–Crippen LogP) is 6.04. The molecule has 2 aromatic carbocycles. The highest BCUT2D eigenvalue weighted by molar-refractivity contribution is 5.90. The zero-order valence-corrected chi connectivity index (χ0v) is 30.4. The molecule has 4 aliphatic heterocycles. The minimum absolute atomic E-state index is 0.0299. The number of amides is 1. The normalized spacial score (nSPS) is 24.7. The van der Waals surface area contributed by atoms with E-state index in [2.05, 4.69) is 9.80 Å². The molecule has 0 N–H and O–H groups in total. The Morgan fingerprint density at radius 2 is 1.82 bits per heavy atom. The third-order valence-corrected chi connectivity index (χ3v) is 10.8. The molecule has 4 fully saturated rings. The second-order valence-electron chi connectivity index (χ2n) is 15.5. The Kier molecular flexibility index (Phi) is 9.96. The van der Waals surface area contributed by atoms with Crippen LogP contribution in [0.25, 0.3) is 10.8 Å². The minimum Gasteiger partial charge on any atom is -0.468 e. The summed E-state index contributed by atoms with van der Waals surface area (Å²) in [4.78, 5) is 33.9. The van der Waals surface area contributed by atoms with Gasteiger partial charge in [0, 0.05) is 39.6 Å². The van der Waals surface area contributed by atoms with Crippen LogP contribution >= 0.6 is 0 Å². The van der Waals surface area contributed by atoms with Crippen LogP contribution < -0.4 is 14.4 Å². The zero-order chi connectivity index (χ0) is 35.9. The molecule has 11 nitrogen and oxygen atoms in total. The van der Waals surface area contributed by atoms with E-state index in [-0.39, 0.29) is 42.3 Å². The van der Waals surface area contributed by atoms with Gasteiger partial charge in [-0.2, -0.15) is 15.0 Å². The molecule has 4 saturated heterocycles. The number of fused-ring (bicyclic) bond motifs is 4. The summed E-state index contributed by atoms with van der Waals surface area (Å²) in [6, 6.07) is 7.28. The van der Waals surface area contributed by atoms with Crippen LogP contribution in [0.4, 0.5) is 19.5 Å². The first-order valence-corrected chi connectivity index (χ1v) is 18.3. The number of nitrogens with zero attached hydrogens (tertiary/aromatic N) is 6. The van der Waals surface area contributed by atoms with Crippen molar-refractivity contribution < 1.29 is 32.5 Å². The van der Waals surface area contributed by atoms with E-state index in [0.29, 0.717) is 75.0 Å². The Balaban J connectivity index is 1.18. The van der Waals surface area contributed by atoms with Gasteiger partial charge in [-0.3, -0.25) is 9.80 Å². The first-order chi connectivity index (χ1) is 24.4. The van der Waals surface area contributed by atoms with Crippen LogP contribution in [-0.4, -0.2) is 107 Å². The summed E-state index contributed by atoms with van der Waals surface area (Å²) >= 11 is 0. The maximum atomic E-state index is 15.1. The van der Waals surface area contributed by atoms with Crippen molar-refractivity contribution in [1.29, 1.82) is 0 Å². The number of halogens is 2. The lowest BCUT2D eigenvalue weighted by atomic mass is 9.94. The first kappa shape index (κ1) is 35.6. The second kappa shape index (κ2) is 14.3. The smallest absolute Gasteiger partial charge is 0.410 e. The maximum Gasteiger partial charge on any atom is 0.410 e. The van der Waals surface area contributed by atoms with Crippen LogP contribution in [0.5, 0.6) is 11.8 Å².